The molecule has 2 aromatic carbocycles. The predicted molar refractivity (Wildman–Crippen MR) is 69.6 cm³/mol. The van der Waals surface area contributed by atoms with Crippen LogP contribution in [-0.2, 0) is 0 Å². The van der Waals surface area contributed by atoms with Crippen LogP contribution in [0.25, 0.3) is 0 Å². The third-order valence-electron chi connectivity index (χ3n) is 2.55. The van der Waals surface area contributed by atoms with E-state index in [2.05, 4.69) is 0 Å². The Morgan fingerprint density at radius 1 is 1.21 bits per heavy atom. The minimum absolute atomic E-state index is 0.110. The number of carboxylic acids is 1. The van der Waals surface area contributed by atoms with Gasteiger partial charge in [0.2, 0.25) is 0 Å². The van der Waals surface area contributed by atoms with Gasteiger partial charge in [-0.1, -0.05) is 17.7 Å². The highest BCUT2D eigenvalue weighted by atomic mass is 35.5. The molecule has 0 aliphatic carbocycles. The summed E-state index contributed by atoms with van der Waals surface area (Å²) >= 11 is 5.85. The van der Waals surface area contributed by atoms with Gasteiger partial charge in [-0.05, 0) is 42.8 Å². The van der Waals surface area contributed by atoms with E-state index in [0.29, 0.717) is 5.75 Å². The normalized spacial score (nSPS) is 10.3. The van der Waals surface area contributed by atoms with Gasteiger partial charge in [-0.2, -0.15) is 0 Å². The van der Waals surface area contributed by atoms with Crippen molar-refractivity contribution >= 4 is 17.6 Å². The number of rotatable bonds is 3. The molecule has 0 saturated carbocycles. The Bertz CT molecular complexity index is 641. The van der Waals surface area contributed by atoms with Crippen molar-refractivity contribution in [1.82, 2.24) is 0 Å². The second kappa shape index (κ2) is 5.28. The maximum atomic E-state index is 12.9. The molecular formula is C14H10ClFO3. The minimum Gasteiger partial charge on any atom is -0.478 e. The van der Waals surface area contributed by atoms with Crippen LogP contribution >= 0.6 is 11.6 Å². The van der Waals surface area contributed by atoms with Crippen LogP contribution in [0, 0.1) is 12.7 Å². The first-order valence-electron chi connectivity index (χ1n) is 5.44. The summed E-state index contributed by atoms with van der Waals surface area (Å²) in [5.41, 5.74) is 0.865. The number of carbonyl (C=O) groups is 1. The summed E-state index contributed by atoms with van der Waals surface area (Å²) in [5, 5.41) is 9.05. The Morgan fingerprint density at radius 3 is 2.58 bits per heavy atom. The van der Waals surface area contributed by atoms with Gasteiger partial charge in [0.1, 0.15) is 17.3 Å². The summed E-state index contributed by atoms with van der Waals surface area (Å²) in [6, 6.07) is 8.26. The van der Waals surface area contributed by atoms with Crippen molar-refractivity contribution in [2.24, 2.45) is 0 Å². The zero-order chi connectivity index (χ0) is 14.0. The molecule has 0 radical (unpaired) electrons. The summed E-state index contributed by atoms with van der Waals surface area (Å²) in [6.07, 6.45) is 0. The van der Waals surface area contributed by atoms with E-state index < -0.39 is 11.8 Å². The molecule has 0 unspecified atom stereocenters. The summed E-state index contributed by atoms with van der Waals surface area (Å²) < 4.78 is 18.4. The molecule has 0 heterocycles. The van der Waals surface area contributed by atoms with Crippen LogP contribution in [0.4, 0.5) is 4.39 Å². The summed E-state index contributed by atoms with van der Waals surface area (Å²) in [7, 11) is 0. The number of hydrogen-bond donors (Lipinski definition) is 1. The minimum atomic E-state index is -1.05. The third kappa shape index (κ3) is 3.03. The van der Waals surface area contributed by atoms with E-state index >= 15 is 0 Å². The number of ether oxygens (including phenoxy) is 1. The highest BCUT2D eigenvalue weighted by Crippen LogP contribution is 2.32. The van der Waals surface area contributed by atoms with Gasteiger partial charge in [0.25, 0.3) is 0 Å². The van der Waals surface area contributed by atoms with Crippen molar-refractivity contribution in [3.8, 4) is 11.5 Å². The number of halogens is 2. The Labute approximate surface area is 114 Å². The Hall–Kier alpha value is -2.07. The lowest BCUT2D eigenvalue weighted by Crippen LogP contribution is -1.98. The second-order valence-electron chi connectivity index (χ2n) is 3.96. The van der Waals surface area contributed by atoms with E-state index in [-0.39, 0.29) is 16.3 Å². The average molecular weight is 281 g/mol. The number of benzene rings is 2. The van der Waals surface area contributed by atoms with Crippen LogP contribution < -0.4 is 4.74 Å². The van der Waals surface area contributed by atoms with Crippen LogP contribution in [0.2, 0.25) is 5.02 Å². The Kier molecular flexibility index (Phi) is 3.71. The molecule has 0 spiro atoms. The van der Waals surface area contributed by atoms with Crippen molar-refractivity contribution in [1.29, 1.82) is 0 Å². The summed E-state index contributed by atoms with van der Waals surface area (Å²) in [6.45, 7) is 1.78. The number of aryl methyl sites for hydroxylation is 1. The fraction of sp³-hybridized carbons (Fsp3) is 0.0714. The van der Waals surface area contributed by atoms with Crippen molar-refractivity contribution < 1.29 is 19.0 Å². The van der Waals surface area contributed by atoms with E-state index in [4.69, 9.17) is 21.4 Å². The molecule has 0 saturated heterocycles. The zero-order valence-corrected chi connectivity index (χ0v) is 10.7. The van der Waals surface area contributed by atoms with Gasteiger partial charge in [0.05, 0.1) is 10.6 Å². The van der Waals surface area contributed by atoms with Crippen LogP contribution in [0.3, 0.4) is 0 Å². The van der Waals surface area contributed by atoms with Gasteiger partial charge in [0.15, 0.2) is 0 Å². The maximum absolute atomic E-state index is 12.9. The molecule has 98 valence electrons. The molecule has 0 aromatic heterocycles. The number of aromatic carboxylic acids is 1. The Balaban J connectivity index is 2.37. The quantitative estimate of drug-likeness (QED) is 0.913. The summed E-state index contributed by atoms with van der Waals surface area (Å²) in [5.74, 6) is -0.870. The lowest BCUT2D eigenvalue weighted by atomic mass is 10.1. The SMILES string of the molecule is Cc1ccc(C(=O)O)cc1Oc1ccc(F)cc1Cl. The van der Waals surface area contributed by atoms with Gasteiger partial charge in [-0.25, -0.2) is 9.18 Å². The first-order chi connectivity index (χ1) is 8.97. The fourth-order valence-corrected chi connectivity index (χ4v) is 1.73. The smallest absolute Gasteiger partial charge is 0.335 e. The monoisotopic (exact) mass is 280 g/mol. The number of carboxylic acid groups (broad SMARTS) is 1. The molecule has 1 N–H and O–H groups in total. The van der Waals surface area contributed by atoms with Crippen LogP contribution in [0.15, 0.2) is 36.4 Å². The molecular weight excluding hydrogens is 271 g/mol. The molecule has 0 aliphatic rings. The molecule has 2 rings (SSSR count). The lowest BCUT2D eigenvalue weighted by molar-refractivity contribution is 0.0696. The van der Waals surface area contributed by atoms with Crippen LogP contribution in [-0.4, -0.2) is 11.1 Å². The first kappa shape index (κ1) is 13.4. The van der Waals surface area contributed by atoms with E-state index in [0.717, 1.165) is 11.6 Å². The fourth-order valence-electron chi connectivity index (χ4n) is 1.52. The first-order valence-corrected chi connectivity index (χ1v) is 5.82. The highest BCUT2D eigenvalue weighted by molar-refractivity contribution is 6.32. The van der Waals surface area contributed by atoms with E-state index in [1.54, 1.807) is 13.0 Å². The van der Waals surface area contributed by atoms with Crippen molar-refractivity contribution in [3.63, 3.8) is 0 Å². The molecule has 3 nitrogen and oxygen atoms in total. The van der Waals surface area contributed by atoms with Gasteiger partial charge >= 0.3 is 5.97 Å². The highest BCUT2D eigenvalue weighted by Gasteiger charge is 2.10. The molecule has 0 fully saturated rings. The van der Waals surface area contributed by atoms with Crippen molar-refractivity contribution in [2.45, 2.75) is 6.92 Å². The van der Waals surface area contributed by atoms with Crippen LogP contribution in [0.1, 0.15) is 15.9 Å². The molecule has 0 amide bonds. The molecule has 19 heavy (non-hydrogen) atoms. The Morgan fingerprint density at radius 2 is 1.95 bits per heavy atom. The van der Waals surface area contributed by atoms with Crippen molar-refractivity contribution in [3.05, 3.63) is 58.4 Å². The van der Waals surface area contributed by atoms with Crippen LogP contribution in [0.5, 0.6) is 11.5 Å². The maximum Gasteiger partial charge on any atom is 0.335 e. The molecule has 0 aliphatic heterocycles. The molecule has 0 bridgehead atoms. The lowest BCUT2D eigenvalue weighted by Gasteiger charge is -2.10. The zero-order valence-electron chi connectivity index (χ0n) is 9.98. The van der Waals surface area contributed by atoms with Crippen molar-refractivity contribution in [2.75, 3.05) is 0 Å². The molecule has 0 atom stereocenters. The van der Waals surface area contributed by atoms with E-state index in [1.807, 2.05) is 0 Å². The van der Waals surface area contributed by atoms with E-state index in [1.165, 1.54) is 24.3 Å². The third-order valence-corrected chi connectivity index (χ3v) is 2.84. The molecule has 5 heteroatoms. The number of hydrogen-bond acceptors (Lipinski definition) is 2. The molecule has 2 aromatic rings. The summed E-state index contributed by atoms with van der Waals surface area (Å²) in [4.78, 5) is 10.9. The van der Waals surface area contributed by atoms with Gasteiger partial charge in [-0.3, -0.25) is 0 Å². The van der Waals surface area contributed by atoms with Gasteiger partial charge < -0.3 is 9.84 Å². The topological polar surface area (TPSA) is 46.5 Å². The average Bonchev–Trinajstić information content (AvgIpc) is 2.34. The predicted octanol–water partition coefficient (Wildman–Crippen LogP) is 4.28. The van der Waals surface area contributed by atoms with E-state index in [9.17, 15) is 9.18 Å². The van der Waals surface area contributed by atoms with Gasteiger partial charge in [0, 0.05) is 0 Å². The largest absolute Gasteiger partial charge is 0.478 e. The standard InChI is InChI=1S/C14H10ClFO3/c1-8-2-3-9(14(17)18)6-13(8)19-12-5-4-10(16)7-11(12)15/h2-7H,1H3,(H,17,18). The second-order valence-corrected chi connectivity index (χ2v) is 4.37. The van der Waals surface area contributed by atoms with Gasteiger partial charge in [-0.15, -0.1) is 0 Å².